The van der Waals surface area contributed by atoms with Crippen molar-refractivity contribution in [1.29, 1.82) is 0 Å². The lowest BCUT2D eigenvalue weighted by Crippen LogP contribution is -2.36. The van der Waals surface area contributed by atoms with E-state index in [0.717, 1.165) is 27.8 Å². The van der Waals surface area contributed by atoms with Gasteiger partial charge in [0.15, 0.2) is 0 Å². The topological polar surface area (TPSA) is 86.7 Å². The number of imide groups is 1. The monoisotopic (exact) mass is 368 g/mol. The summed E-state index contributed by atoms with van der Waals surface area (Å²) in [5.74, 6) is -1.16. The highest BCUT2D eigenvalue weighted by Crippen LogP contribution is 2.32. The number of carbonyl (C=O) groups is 3. The van der Waals surface area contributed by atoms with Gasteiger partial charge in [-0.3, -0.25) is 19.3 Å². The normalized spacial score (nSPS) is 15.6. The molecule has 0 unspecified atom stereocenters. The number of nitrogens with one attached hydrogen (secondary N) is 1. The van der Waals surface area contributed by atoms with E-state index in [2.05, 4.69) is 5.32 Å². The number of thioether (sulfide) groups is 1. The molecular weight excluding hydrogens is 352 g/mol. The molecule has 0 bridgehead atoms. The van der Waals surface area contributed by atoms with Crippen LogP contribution in [0.15, 0.2) is 53.4 Å². The quantitative estimate of drug-likeness (QED) is 0.638. The van der Waals surface area contributed by atoms with Crippen LogP contribution in [0.4, 0.5) is 10.5 Å². The van der Waals surface area contributed by atoms with Crippen molar-refractivity contribution in [3.8, 4) is 5.75 Å². The van der Waals surface area contributed by atoms with Crippen LogP contribution in [0, 0.1) is 6.92 Å². The maximum Gasteiger partial charge on any atom is 0.294 e. The van der Waals surface area contributed by atoms with E-state index in [-0.39, 0.29) is 16.3 Å². The fourth-order valence-corrected chi connectivity index (χ4v) is 3.30. The number of anilines is 1. The van der Waals surface area contributed by atoms with Crippen LogP contribution in [0.1, 0.15) is 11.1 Å². The second-order valence-corrected chi connectivity index (χ2v) is 6.74. The van der Waals surface area contributed by atoms with Crippen LogP contribution in [0.5, 0.6) is 5.75 Å². The molecule has 6 nitrogen and oxygen atoms in total. The predicted octanol–water partition coefficient (Wildman–Crippen LogP) is 3.38. The third-order valence-corrected chi connectivity index (χ3v) is 4.60. The summed E-state index contributed by atoms with van der Waals surface area (Å²) in [5, 5.41) is 11.7. The number of aryl methyl sites for hydroxylation is 1. The van der Waals surface area contributed by atoms with Crippen LogP contribution >= 0.6 is 11.8 Å². The summed E-state index contributed by atoms with van der Waals surface area (Å²) in [7, 11) is 0. The van der Waals surface area contributed by atoms with E-state index in [9.17, 15) is 19.5 Å². The molecule has 1 saturated heterocycles. The van der Waals surface area contributed by atoms with E-state index in [1.54, 1.807) is 18.2 Å². The van der Waals surface area contributed by atoms with Gasteiger partial charge in [-0.1, -0.05) is 42.0 Å². The molecule has 1 fully saturated rings. The number of aromatic hydroxyl groups is 1. The molecule has 2 aromatic rings. The molecule has 0 radical (unpaired) electrons. The first-order valence-corrected chi connectivity index (χ1v) is 8.65. The van der Waals surface area contributed by atoms with Crippen LogP contribution < -0.4 is 5.32 Å². The third-order valence-electron chi connectivity index (χ3n) is 3.69. The maximum absolute atomic E-state index is 12.4. The molecule has 0 aromatic heterocycles. The van der Waals surface area contributed by atoms with Crippen molar-refractivity contribution < 1.29 is 19.5 Å². The zero-order valence-electron chi connectivity index (χ0n) is 13.9. The van der Waals surface area contributed by atoms with Crippen molar-refractivity contribution >= 4 is 40.6 Å². The minimum Gasteiger partial charge on any atom is -0.506 e. The first kappa shape index (κ1) is 17.8. The molecule has 0 spiro atoms. The van der Waals surface area contributed by atoms with Gasteiger partial charge in [-0.05, 0) is 42.5 Å². The van der Waals surface area contributed by atoms with Gasteiger partial charge < -0.3 is 10.4 Å². The Morgan fingerprint density at radius 2 is 1.96 bits per heavy atom. The second kappa shape index (κ2) is 7.45. The molecule has 132 valence electrons. The van der Waals surface area contributed by atoms with Crippen molar-refractivity contribution in [2.45, 2.75) is 6.92 Å². The van der Waals surface area contributed by atoms with Gasteiger partial charge in [-0.2, -0.15) is 0 Å². The molecule has 3 amide bonds. The van der Waals surface area contributed by atoms with Crippen molar-refractivity contribution in [2.24, 2.45) is 0 Å². The molecule has 2 N–H and O–H groups in total. The SMILES string of the molecule is Cc1cccc(/C=C2\SC(=O)N(CC(=O)Nc3ccccc3O)C2=O)c1. The van der Waals surface area contributed by atoms with Crippen molar-refractivity contribution in [2.75, 3.05) is 11.9 Å². The van der Waals surface area contributed by atoms with Crippen LogP contribution in [0.3, 0.4) is 0 Å². The van der Waals surface area contributed by atoms with Gasteiger partial charge in [0.1, 0.15) is 12.3 Å². The average molecular weight is 368 g/mol. The highest BCUT2D eigenvalue weighted by Gasteiger charge is 2.36. The van der Waals surface area contributed by atoms with Gasteiger partial charge in [0.2, 0.25) is 5.91 Å². The number of phenolic OH excluding ortho intramolecular Hbond substituents is 1. The maximum atomic E-state index is 12.4. The first-order chi connectivity index (χ1) is 12.4. The lowest BCUT2D eigenvalue weighted by molar-refractivity contribution is -0.127. The van der Waals surface area contributed by atoms with E-state index in [1.165, 1.54) is 12.1 Å². The Morgan fingerprint density at radius 3 is 2.69 bits per heavy atom. The highest BCUT2D eigenvalue weighted by molar-refractivity contribution is 8.18. The fourth-order valence-electron chi connectivity index (χ4n) is 2.46. The molecule has 2 aromatic carbocycles. The number of rotatable bonds is 4. The van der Waals surface area contributed by atoms with E-state index >= 15 is 0 Å². The summed E-state index contributed by atoms with van der Waals surface area (Å²) in [6.45, 7) is 1.52. The summed E-state index contributed by atoms with van der Waals surface area (Å²) in [6.07, 6.45) is 1.64. The smallest absolute Gasteiger partial charge is 0.294 e. The lowest BCUT2D eigenvalue weighted by Gasteiger charge is -2.13. The molecule has 1 heterocycles. The summed E-state index contributed by atoms with van der Waals surface area (Å²) >= 11 is 0.803. The van der Waals surface area contributed by atoms with Gasteiger partial charge in [-0.15, -0.1) is 0 Å². The summed E-state index contributed by atoms with van der Waals surface area (Å²) in [4.78, 5) is 37.8. The number of amides is 3. The van der Waals surface area contributed by atoms with E-state index < -0.39 is 23.6 Å². The standard InChI is InChI=1S/C19H16N2O4S/c1-12-5-4-6-13(9-12)10-16-18(24)21(19(25)26-16)11-17(23)20-14-7-2-3-8-15(14)22/h2-10,22H,11H2,1H3,(H,20,23)/b16-10-. The van der Waals surface area contributed by atoms with Crippen LogP contribution in [0.25, 0.3) is 6.08 Å². The Morgan fingerprint density at radius 1 is 1.19 bits per heavy atom. The first-order valence-electron chi connectivity index (χ1n) is 7.84. The number of phenols is 1. The Balaban J connectivity index is 1.71. The van der Waals surface area contributed by atoms with E-state index in [4.69, 9.17) is 0 Å². The zero-order valence-corrected chi connectivity index (χ0v) is 14.7. The minimum atomic E-state index is -0.564. The van der Waals surface area contributed by atoms with Gasteiger partial charge in [-0.25, -0.2) is 0 Å². The van der Waals surface area contributed by atoms with Crippen LogP contribution in [-0.2, 0) is 9.59 Å². The van der Waals surface area contributed by atoms with Crippen LogP contribution in [0.2, 0.25) is 0 Å². The number of benzene rings is 2. The number of nitrogens with zero attached hydrogens (tertiary/aromatic N) is 1. The summed E-state index contributed by atoms with van der Waals surface area (Å²) in [6, 6.07) is 13.8. The van der Waals surface area contributed by atoms with Crippen LogP contribution in [-0.4, -0.2) is 33.6 Å². The van der Waals surface area contributed by atoms with Crippen molar-refractivity contribution in [3.63, 3.8) is 0 Å². The molecule has 0 aliphatic carbocycles. The van der Waals surface area contributed by atoms with Gasteiger partial charge in [0.25, 0.3) is 11.1 Å². The number of hydrogen-bond acceptors (Lipinski definition) is 5. The predicted molar refractivity (Wildman–Crippen MR) is 101 cm³/mol. The third kappa shape index (κ3) is 3.94. The summed E-state index contributed by atoms with van der Waals surface area (Å²) < 4.78 is 0. The van der Waals surface area contributed by atoms with Gasteiger partial charge >= 0.3 is 0 Å². The van der Waals surface area contributed by atoms with Crippen molar-refractivity contribution in [3.05, 3.63) is 64.6 Å². The molecule has 3 rings (SSSR count). The molecule has 7 heteroatoms. The second-order valence-electron chi connectivity index (χ2n) is 5.75. The Bertz CT molecular complexity index is 923. The van der Waals surface area contributed by atoms with Gasteiger partial charge in [0, 0.05) is 0 Å². The minimum absolute atomic E-state index is 0.0886. The Kier molecular flexibility index (Phi) is 5.09. The fraction of sp³-hybridized carbons (Fsp3) is 0.105. The average Bonchev–Trinajstić information content (AvgIpc) is 2.84. The van der Waals surface area contributed by atoms with Crippen molar-refractivity contribution in [1.82, 2.24) is 4.90 Å². The Labute approximate surface area is 154 Å². The molecule has 1 aliphatic rings. The lowest BCUT2D eigenvalue weighted by atomic mass is 10.1. The largest absolute Gasteiger partial charge is 0.506 e. The van der Waals surface area contributed by atoms with E-state index in [1.807, 2.05) is 31.2 Å². The van der Waals surface area contributed by atoms with E-state index in [0.29, 0.717) is 0 Å². The molecule has 26 heavy (non-hydrogen) atoms. The molecule has 1 aliphatic heterocycles. The number of para-hydroxylation sites is 2. The number of carbonyl (C=O) groups excluding carboxylic acids is 3. The number of hydrogen-bond donors (Lipinski definition) is 2. The summed E-state index contributed by atoms with van der Waals surface area (Å²) in [5.41, 5.74) is 2.08. The molecular formula is C19H16N2O4S. The Hall–Kier alpha value is -3.06. The molecule has 0 saturated carbocycles. The molecule has 0 atom stereocenters. The zero-order chi connectivity index (χ0) is 18.7. The van der Waals surface area contributed by atoms with Gasteiger partial charge in [0.05, 0.1) is 10.6 Å². The highest BCUT2D eigenvalue weighted by atomic mass is 32.2.